The van der Waals surface area contributed by atoms with Crippen molar-refractivity contribution in [3.8, 4) is 5.69 Å². The Morgan fingerprint density at radius 1 is 1.10 bits per heavy atom. The first-order valence-corrected chi connectivity index (χ1v) is 10.0. The number of likely N-dealkylation sites (tertiary alicyclic amines) is 1. The highest BCUT2D eigenvalue weighted by Crippen LogP contribution is 2.25. The highest BCUT2D eigenvalue weighted by atomic mass is 35.5. The Morgan fingerprint density at radius 3 is 2.57 bits per heavy atom. The smallest absolute Gasteiger partial charge is 0.259 e. The van der Waals surface area contributed by atoms with Gasteiger partial charge in [0.1, 0.15) is 11.5 Å². The number of para-hydroxylation sites is 1. The van der Waals surface area contributed by atoms with Gasteiger partial charge in [-0.2, -0.15) is 5.10 Å². The van der Waals surface area contributed by atoms with Gasteiger partial charge >= 0.3 is 0 Å². The van der Waals surface area contributed by atoms with E-state index >= 15 is 0 Å². The zero-order chi connectivity index (χ0) is 21.3. The van der Waals surface area contributed by atoms with Crippen LogP contribution < -0.4 is 5.32 Å². The minimum atomic E-state index is -0.438. The number of nitrogens with one attached hydrogen (secondary N) is 1. The van der Waals surface area contributed by atoms with Crippen LogP contribution in [-0.2, 0) is 0 Å². The van der Waals surface area contributed by atoms with Crippen LogP contribution in [0.1, 0.15) is 39.3 Å². The average Bonchev–Trinajstić information content (AvgIpc) is 3.39. The topological polar surface area (TPSA) is 67.2 Å². The van der Waals surface area contributed by atoms with Gasteiger partial charge in [-0.1, -0.05) is 23.7 Å². The van der Waals surface area contributed by atoms with E-state index in [1.807, 2.05) is 0 Å². The van der Waals surface area contributed by atoms with E-state index in [1.165, 1.54) is 16.9 Å². The monoisotopic (exact) mass is 426 g/mol. The number of hydrogen-bond acceptors (Lipinski definition) is 3. The minimum absolute atomic E-state index is 0.163. The molecule has 2 aromatic carbocycles. The van der Waals surface area contributed by atoms with Crippen molar-refractivity contribution in [3.63, 3.8) is 0 Å². The number of carbonyl (C=O) groups excluding carboxylic acids is 2. The fourth-order valence-electron chi connectivity index (χ4n) is 3.58. The van der Waals surface area contributed by atoms with Crippen LogP contribution in [0.15, 0.2) is 48.7 Å². The van der Waals surface area contributed by atoms with Gasteiger partial charge in [-0.15, -0.1) is 0 Å². The lowest BCUT2D eigenvalue weighted by Gasteiger charge is -2.18. The van der Waals surface area contributed by atoms with Crippen molar-refractivity contribution in [1.82, 2.24) is 14.7 Å². The summed E-state index contributed by atoms with van der Waals surface area (Å²) < 4.78 is 15.5. The van der Waals surface area contributed by atoms with E-state index in [4.69, 9.17) is 11.6 Å². The van der Waals surface area contributed by atoms with Crippen molar-refractivity contribution in [2.75, 3.05) is 18.4 Å². The fourth-order valence-corrected chi connectivity index (χ4v) is 3.75. The Balaban J connectivity index is 1.62. The molecule has 154 valence electrons. The largest absolute Gasteiger partial charge is 0.339 e. The summed E-state index contributed by atoms with van der Waals surface area (Å²) in [7, 11) is 0. The molecular weight excluding hydrogens is 407 g/mol. The molecule has 2 heterocycles. The van der Waals surface area contributed by atoms with Gasteiger partial charge in [0.2, 0.25) is 0 Å². The summed E-state index contributed by atoms with van der Waals surface area (Å²) >= 11 is 6.10. The van der Waals surface area contributed by atoms with E-state index in [0.717, 1.165) is 12.8 Å². The van der Waals surface area contributed by atoms with Crippen LogP contribution in [0.5, 0.6) is 0 Å². The van der Waals surface area contributed by atoms with Gasteiger partial charge in [-0.05, 0) is 50.1 Å². The number of benzene rings is 2. The highest BCUT2D eigenvalue weighted by molar-refractivity contribution is 6.31. The normalized spacial score (nSPS) is 13.5. The second-order valence-corrected chi connectivity index (χ2v) is 7.59. The zero-order valence-electron chi connectivity index (χ0n) is 16.4. The van der Waals surface area contributed by atoms with Crippen LogP contribution in [0.2, 0.25) is 5.02 Å². The molecule has 3 aromatic rings. The van der Waals surface area contributed by atoms with E-state index < -0.39 is 11.7 Å². The van der Waals surface area contributed by atoms with Gasteiger partial charge in [0.05, 0.1) is 28.7 Å². The van der Waals surface area contributed by atoms with Crippen LogP contribution >= 0.6 is 11.6 Å². The van der Waals surface area contributed by atoms with Crippen molar-refractivity contribution in [2.45, 2.75) is 19.8 Å². The number of amides is 2. The Bertz CT molecular complexity index is 1120. The quantitative estimate of drug-likeness (QED) is 0.669. The van der Waals surface area contributed by atoms with E-state index in [2.05, 4.69) is 10.4 Å². The zero-order valence-corrected chi connectivity index (χ0v) is 17.1. The molecular formula is C22H20ClFN4O2. The summed E-state index contributed by atoms with van der Waals surface area (Å²) in [6.45, 7) is 3.06. The third kappa shape index (κ3) is 3.80. The summed E-state index contributed by atoms with van der Waals surface area (Å²) in [4.78, 5) is 27.6. The lowest BCUT2D eigenvalue weighted by Crippen LogP contribution is -2.29. The summed E-state index contributed by atoms with van der Waals surface area (Å²) in [5.74, 6) is -1.04. The summed E-state index contributed by atoms with van der Waals surface area (Å²) in [6.07, 6.45) is 3.31. The molecule has 30 heavy (non-hydrogen) atoms. The predicted molar refractivity (Wildman–Crippen MR) is 113 cm³/mol. The standard InChI is InChI=1S/C22H20ClFN4O2/c1-14-17(13-25-28(14)20-7-3-2-6-18(20)24)21(29)26-19-9-8-15(23)12-16(19)22(30)27-10-4-5-11-27/h2-3,6-9,12-13H,4-5,10-11H2,1H3,(H,26,29). The van der Waals surface area contributed by atoms with Crippen molar-refractivity contribution < 1.29 is 14.0 Å². The molecule has 1 aliphatic heterocycles. The summed E-state index contributed by atoms with van der Waals surface area (Å²) in [5, 5.41) is 7.37. The SMILES string of the molecule is Cc1c(C(=O)Nc2ccc(Cl)cc2C(=O)N2CCCC2)cnn1-c1ccccc1F. The van der Waals surface area contributed by atoms with Crippen LogP contribution in [0.25, 0.3) is 5.69 Å². The molecule has 0 atom stereocenters. The first-order chi connectivity index (χ1) is 14.5. The van der Waals surface area contributed by atoms with Gasteiger partial charge in [0.25, 0.3) is 11.8 Å². The maximum absolute atomic E-state index is 14.1. The van der Waals surface area contributed by atoms with Crippen molar-refractivity contribution >= 4 is 29.1 Å². The van der Waals surface area contributed by atoms with Crippen molar-refractivity contribution in [1.29, 1.82) is 0 Å². The summed E-state index contributed by atoms with van der Waals surface area (Å²) in [6, 6.07) is 11.0. The number of rotatable bonds is 4. The Hall–Kier alpha value is -3.19. The third-order valence-corrected chi connectivity index (χ3v) is 5.42. The van der Waals surface area contributed by atoms with Gasteiger partial charge in [0.15, 0.2) is 0 Å². The van der Waals surface area contributed by atoms with E-state index in [9.17, 15) is 14.0 Å². The lowest BCUT2D eigenvalue weighted by atomic mass is 10.1. The second-order valence-electron chi connectivity index (χ2n) is 7.15. The van der Waals surface area contributed by atoms with Gasteiger partial charge in [0, 0.05) is 18.1 Å². The van der Waals surface area contributed by atoms with E-state index in [1.54, 1.807) is 48.2 Å². The van der Waals surface area contributed by atoms with Gasteiger partial charge in [-0.25, -0.2) is 9.07 Å². The third-order valence-electron chi connectivity index (χ3n) is 5.19. The molecule has 0 spiro atoms. The molecule has 1 fully saturated rings. The molecule has 2 amide bonds. The van der Waals surface area contributed by atoms with Crippen molar-refractivity contribution in [2.24, 2.45) is 0 Å². The first-order valence-electron chi connectivity index (χ1n) is 9.65. The Morgan fingerprint density at radius 2 is 1.83 bits per heavy atom. The molecule has 1 aliphatic rings. The number of anilines is 1. The van der Waals surface area contributed by atoms with Crippen LogP contribution in [-0.4, -0.2) is 39.6 Å². The molecule has 1 N–H and O–H groups in total. The molecule has 0 radical (unpaired) electrons. The number of hydrogen-bond donors (Lipinski definition) is 1. The number of nitrogens with zero attached hydrogens (tertiary/aromatic N) is 3. The van der Waals surface area contributed by atoms with Crippen LogP contribution in [0, 0.1) is 12.7 Å². The fraction of sp³-hybridized carbons (Fsp3) is 0.227. The minimum Gasteiger partial charge on any atom is -0.339 e. The molecule has 0 saturated carbocycles. The van der Waals surface area contributed by atoms with Crippen molar-refractivity contribution in [3.05, 3.63) is 76.3 Å². The molecule has 0 aliphatic carbocycles. The Labute approximate surface area is 178 Å². The van der Waals surface area contributed by atoms with Gasteiger partial charge in [-0.3, -0.25) is 9.59 Å². The molecule has 1 saturated heterocycles. The Kier molecular flexibility index (Phi) is 5.55. The summed E-state index contributed by atoms with van der Waals surface area (Å²) in [5.41, 5.74) is 1.74. The van der Waals surface area contributed by atoms with Crippen LogP contribution in [0.3, 0.4) is 0 Å². The van der Waals surface area contributed by atoms with E-state index in [0.29, 0.717) is 35.1 Å². The predicted octanol–water partition coefficient (Wildman–Crippen LogP) is 4.46. The lowest BCUT2D eigenvalue weighted by molar-refractivity contribution is 0.0794. The number of halogens is 2. The maximum atomic E-state index is 14.1. The second kappa shape index (κ2) is 8.28. The molecule has 6 nitrogen and oxygen atoms in total. The number of carbonyl (C=O) groups is 2. The van der Waals surface area contributed by atoms with Gasteiger partial charge < -0.3 is 10.2 Å². The van der Waals surface area contributed by atoms with Crippen LogP contribution in [0.4, 0.5) is 10.1 Å². The molecule has 8 heteroatoms. The maximum Gasteiger partial charge on any atom is 0.259 e. The number of aromatic nitrogens is 2. The molecule has 1 aromatic heterocycles. The van der Waals surface area contributed by atoms with E-state index in [-0.39, 0.29) is 17.2 Å². The highest BCUT2D eigenvalue weighted by Gasteiger charge is 2.24. The molecule has 0 bridgehead atoms. The molecule has 4 rings (SSSR count). The first kappa shape index (κ1) is 20.1. The average molecular weight is 427 g/mol. The molecule has 0 unspecified atom stereocenters.